The van der Waals surface area contributed by atoms with Crippen LogP contribution in [0.4, 0.5) is 0 Å². The summed E-state index contributed by atoms with van der Waals surface area (Å²) in [6.45, 7) is 2.30. The third-order valence-electron chi connectivity index (χ3n) is 8.40. The number of thiophene rings is 2. The number of hydrogen-bond acceptors (Lipinski definition) is 6. The number of quaternary nitrogens is 1. The fourth-order valence-electron chi connectivity index (χ4n) is 6.41. The minimum absolute atomic E-state index is 0.0801. The van der Waals surface area contributed by atoms with Crippen LogP contribution < -0.4 is 5.32 Å². The van der Waals surface area contributed by atoms with Gasteiger partial charge in [-0.2, -0.15) is 0 Å². The minimum Gasteiger partial charge on any atom is -0.459 e. The van der Waals surface area contributed by atoms with Crippen molar-refractivity contribution in [1.29, 1.82) is 0 Å². The number of hydrogen-bond donors (Lipinski definition) is 2. The van der Waals surface area contributed by atoms with E-state index in [0.717, 1.165) is 30.3 Å². The lowest BCUT2D eigenvalue weighted by molar-refractivity contribution is -0.918. The topological polar surface area (TPSA) is 58.6 Å². The zero-order valence-electron chi connectivity index (χ0n) is 21.6. The molecule has 4 rings (SSSR count). The molecular formula is C28H43N2O3S2+. The number of aliphatic hydroxyl groups is 1. The van der Waals surface area contributed by atoms with Gasteiger partial charge in [0.2, 0.25) is 5.60 Å². The maximum Gasteiger partial charge on any atom is 0.349 e. The highest BCUT2D eigenvalue weighted by atomic mass is 32.1. The molecule has 0 spiro atoms. The lowest BCUT2D eigenvalue weighted by Gasteiger charge is -2.40. The molecule has 2 aliphatic carbocycles. The molecule has 2 bridgehead atoms. The highest BCUT2D eigenvalue weighted by Gasteiger charge is 2.57. The molecular weight excluding hydrogens is 476 g/mol. The number of ether oxygens (including phenoxy) is 1. The van der Waals surface area contributed by atoms with E-state index in [1.165, 1.54) is 67.7 Å². The van der Waals surface area contributed by atoms with Gasteiger partial charge in [0.1, 0.15) is 6.10 Å². The standard InChI is InChI=1S/C28H43N2O3S2/c1-29-16-8-6-4-5-7-9-17-30(2,3)23-20-21-14-15-22(23)26(21)33-27(31)28(32,24-12-10-18-34-24)25-13-11-19-35-25/h10-13,18-19,21-23,26,29,32H,4-9,14-17,20H2,1-3H3/q+1. The van der Waals surface area contributed by atoms with Gasteiger partial charge in [-0.05, 0) is 68.6 Å². The van der Waals surface area contributed by atoms with Crippen LogP contribution in [-0.4, -0.2) is 61.9 Å². The summed E-state index contributed by atoms with van der Waals surface area (Å²) < 4.78 is 7.24. The summed E-state index contributed by atoms with van der Waals surface area (Å²) in [6, 6.07) is 7.95. The lowest BCUT2D eigenvalue weighted by atomic mass is 9.92. The third-order valence-corrected chi connectivity index (χ3v) is 10.4. The van der Waals surface area contributed by atoms with Gasteiger partial charge in [0, 0.05) is 18.3 Å². The summed E-state index contributed by atoms with van der Waals surface area (Å²) in [5.41, 5.74) is -1.71. The van der Waals surface area contributed by atoms with E-state index in [1.54, 1.807) is 0 Å². The van der Waals surface area contributed by atoms with E-state index in [4.69, 9.17) is 4.74 Å². The van der Waals surface area contributed by atoms with E-state index in [-0.39, 0.29) is 6.10 Å². The van der Waals surface area contributed by atoms with Crippen molar-refractivity contribution in [3.05, 3.63) is 44.8 Å². The van der Waals surface area contributed by atoms with Crippen LogP contribution in [0.25, 0.3) is 0 Å². The Morgan fingerprint density at radius 1 is 1.06 bits per heavy atom. The van der Waals surface area contributed by atoms with E-state index in [9.17, 15) is 9.90 Å². The summed E-state index contributed by atoms with van der Waals surface area (Å²) in [5, 5.41) is 18.7. The maximum absolute atomic E-state index is 13.6. The Hall–Kier alpha value is -1.25. The Kier molecular flexibility index (Phi) is 9.09. The van der Waals surface area contributed by atoms with Crippen LogP contribution in [-0.2, 0) is 15.1 Å². The number of nitrogens with zero attached hydrogens (tertiary/aromatic N) is 1. The molecule has 0 radical (unpaired) electrons. The molecule has 194 valence electrons. The van der Waals surface area contributed by atoms with Crippen molar-refractivity contribution < 1.29 is 19.1 Å². The van der Waals surface area contributed by atoms with Crippen LogP contribution >= 0.6 is 22.7 Å². The molecule has 0 aliphatic heterocycles. The molecule has 2 fully saturated rings. The fourth-order valence-corrected chi connectivity index (χ4v) is 8.13. The zero-order valence-corrected chi connectivity index (χ0v) is 23.2. The van der Waals surface area contributed by atoms with Gasteiger partial charge in [0.25, 0.3) is 0 Å². The monoisotopic (exact) mass is 519 g/mol. The number of esters is 1. The molecule has 0 saturated heterocycles. The first-order valence-electron chi connectivity index (χ1n) is 13.4. The van der Waals surface area contributed by atoms with Gasteiger partial charge in [-0.3, -0.25) is 0 Å². The van der Waals surface area contributed by atoms with Crippen LogP contribution in [0.5, 0.6) is 0 Å². The molecule has 35 heavy (non-hydrogen) atoms. The molecule has 2 aliphatic rings. The highest BCUT2D eigenvalue weighted by molar-refractivity contribution is 7.12. The van der Waals surface area contributed by atoms with Crippen LogP contribution in [0.2, 0.25) is 0 Å². The SMILES string of the molecule is CNCCCCCCCC[N+](C)(C)C1CC2CCC1C2OC(=O)C(O)(c1cccs1)c1cccs1. The summed E-state index contributed by atoms with van der Waals surface area (Å²) in [7, 11) is 6.75. The van der Waals surface area contributed by atoms with Crippen LogP contribution in [0.1, 0.15) is 67.5 Å². The predicted molar refractivity (Wildman–Crippen MR) is 145 cm³/mol. The molecule has 4 unspecified atom stereocenters. The molecule has 0 amide bonds. The number of carbonyl (C=O) groups is 1. The van der Waals surface area contributed by atoms with E-state index in [2.05, 4.69) is 19.4 Å². The second-order valence-corrected chi connectivity index (χ2v) is 13.0. The Labute approximate surface area is 219 Å². The highest BCUT2D eigenvalue weighted by Crippen LogP contribution is 2.51. The first kappa shape index (κ1) is 26.8. The number of unbranched alkanes of at least 4 members (excludes halogenated alkanes) is 5. The predicted octanol–water partition coefficient (Wildman–Crippen LogP) is 5.39. The number of fused-ring (bicyclic) bond motifs is 2. The molecule has 4 atom stereocenters. The smallest absolute Gasteiger partial charge is 0.349 e. The van der Waals surface area contributed by atoms with Crippen molar-refractivity contribution in [2.45, 2.75) is 75.5 Å². The quantitative estimate of drug-likeness (QED) is 0.200. The first-order chi connectivity index (χ1) is 16.9. The van der Waals surface area contributed by atoms with Gasteiger partial charge in [-0.25, -0.2) is 4.79 Å². The molecule has 2 aromatic rings. The van der Waals surface area contributed by atoms with Gasteiger partial charge in [0.15, 0.2) is 0 Å². The van der Waals surface area contributed by atoms with Crippen molar-refractivity contribution in [1.82, 2.24) is 5.32 Å². The lowest BCUT2D eigenvalue weighted by Crippen LogP contribution is -2.52. The van der Waals surface area contributed by atoms with Gasteiger partial charge < -0.3 is 19.6 Å². The fraction of sp³-hybridized carbons (Fsp3) is 0.679. The van der Waals surface area contributed by atoms with Gasteiger partial charge in [-0.15, -0.1) is 22.7 Å². The average Bonchev–Trinajstić information content (AvgIpc) is 3.65. The van der Waals surface area contributed by atoms with Crippen LogP contribution in [0.15, 0.2) is 35.0 Å². The Morgan fingerprint density at radius 3 is 2.29 bits per heavy atom. The first-order valence-corrected chi connectivity index (χ1v) is 15.1. The van der Waals surface area contributed by atoms with Crippen molar-refractivity contribution in [3.63, 3.8) is 0 Å². The van der Waals surface area contributed by atoms with Gasteiger partial charge in [-0.1, -0.05) is 31.4 Å². The summed E-state index contributed by atoms with van der Waals surface area (Å²) in [6.07, 6.45) is 11.1. The van der Waals surface area contributed by atoms with Crippen molar-refractivity contribution in [2.75, 3.05) is 34.2 Å². The van der Waals surface area contributed by atoms with Gasteiger partial charge in [0.05, 0.1) is 36.4 Å². The molecule has 7 heteroatoms. The zero-order chi connectivity index (χ0) is 24.9. The normalized spacial score (nSPS) is 24.2. The van der Waals surface area contributed by atoms with Crippen molar-refractivity contribution >= 4 is 28.6 Å². The summed E-state index contributed by atoms with van der Waals surface area (Å²) in [4.78, 5) is 14.8. The molecule has 5 nitrogen and oxygen atoms in total. The average molecular weight is 520 g/mol. The maximum atomic E-state index is 13.6. The van der Waals surface area contributed by atoms with Crippen molar-refractivity contribution in [2.24, 2.45) is 11.8 Å². The van der Waals surface area contributed by atoms with E-state index in [0.29, 0.717) is 27.6 Å². The van der Waals surface area contributed by atoms with E-state index in [1.807, 2.05) is 42.1 Å². The van der Waals surface area contributed by atoms with Crippen LogP contribution in [0.3, 0.4) is 0 Å². The van der Waals surface area contributed by atoms with E-state index >= 15 is 0 Å². The Morgan fingerprint density at radius 2 is 1.69 bits per heavy atom. The number of carbonyl (C=O) groups excluding carboxylic acids is 1. The minimum atomic E-state index is -1.71. The largest absolute Gasteiger partial charge is 0.459 e. The molecule has 2 saturated carbocycles. The second-order valence-electron chi connectivity index (χ2n) is 11.1. The molecule has 2 N–H and O–H groups in total. The molecule has 0 aromatic carbocycles. The Balaban J connectivity index is 1.34. The Bertz CT molecular complexity index is 879. The molecule has 2 aromatic heterocycles. The number of nitrogens with one attached hydrogen (secondary N) is 1. The van der Waals surface area contributed by atoms with E-state index < -0.39 is 11.6 Å². The summed E-state index contributed by atoms with van der Waals surface area (Å²) in [5.74, 6) is 0.291. The second kappa shape index (κ2) is 11.9. The third kappa shape index (κ3) is 5.85. The van der Waals surface area contributed by atoms with Crippen LogP contribution in [0, 0.1) is 11.8 Å². The molecule has 2 heterocycles. The number of rotatable bonds is 14. The van der Waals surface area contributed by atoms with Gasteiger partial charge >= 0.3 is 5.97 Å². The summed E-state index contributed by atoms with van der Waals surface area (Å²) >= 11 is 2.81. The van der Waals surface area contributed by atoms with Crippen molar-refractivity contribution in [3.8, 4) is 0 Å².